The van der Waals surface area contributed by atoms with Crippen LogP contribution in [0, 0.1) is 0 Å². The van der Waals surface area contributed by atoms with Crippen molar-refractivity contribution in [2.24, 2.45) is 5.11 Å². The van der Waals surface area contributed by atoms with E-state index in [1.807, 2.05) is 30.3 Å². The van der Waals surface area contributed by atoms with Crippen LogP contribution in [0.25, 0.3) is 10.4 Å². The summed E-state index contributed by atoms with van der Waals surface area (Å²) in [6.45, 7) is 0.680. The van der Waals surface area contributed by atoms with Crippen molar-refractivity contribution in [2.45, 2.75) is 25.5 Å². The number of amides is 1. The molecule has 0 aliphatic carbocycles. The molecule has 1 fully saturated rings. The molecule has 0 spiro atoms. The molecule has 2 aromatic rings. The first kappa shape index (κ1) is 21.0. The minimum Gasteiger partial charge on any atom is -0.493 e. The number of carbonyl (C=O) groups is 2. The summed E-state index contributed by atoms with van der Waals surface area (Å²) >= 11 is 0. The van der Waals surface area contributed by atoms with Crippen LogP contribution in [0.4, 0.5) is 5.69 Å². The monoisotopic (exact) mass is 410 g/mol. The Balaban J connectivity index is 1.93. The van der Waals surface area contributed by atoms with Crippen molar-refractivity contribution < 1.29 is 23.8 Å². The number of azide groups is 1. The van der Waals surface area contributed by atoms with Crippen LogP contribution in [-0.4, -0.2) is 43.6 Å². The Kier molecular flexibility index (Phi) is 6.77. The maximum Gasteiger partial charge on any atom is 0.328 e. The quantitative estimate of drug-likeness (QED) is 0.296. The fourth-order valence-electron chi connectivity index (χ4n) is 3.40. The molecule has 0 saturated carbocycles. The highest BCUT2D eigenvalue weighted by Gasteiger charge is 2.36. The van der Waals surface area contributed by atoms with Crippen molar-refractivity contribution in [3.8, 4) is 11.5 Å². The first-order valence-electron chi connectivity index (χ1n) is 9.41. The second-order valence-electron chi connectivity index (χ2n) is 6.66. The number of hydrogen-bond acceptors (Lipinski definition) is 6. The highest BCUT2D eigenvalue weighted by molar-refractivity contribution is 6.02. The first-order chi connectivity index (χ1) is 14.6. The van der Waals surface area contributed by atoms with Gasteiger partial charge in [0.25, 0.3) is 5.91 Å². The van der Waals surface area contributed by atoms with E-state index in [1.54, 1.807) is 0 Å². The number of ether oxygens (including phenoxy) is 3. The van der Waals surface area contributed by atoms with Gasteiger partial charge >= 0.3 is 5.97 Å². The number of methoxy groups -OCH3 is 2. The second kappa shape index (κ2) is 9.67. The van der Waals surface area contributed by atoms with Gasteiger partial charge in [-0.1, -0.05) is 35.4 Å². The lowest BCUT2D eigenvalue weighted by molar-refractivity contribution is -0.145. The minimum absolute atomic E-state index is 0.0990. The lowest BCUT2D eigenvalue weighted by atomic mass is 10.1. The Labute approximate surface area is 173 Å². The summed E-state index contributed by atoms with van der Waals surface area (Å²) in [5.41, 5.74) is 10.2. The van der Waals surface area contributed by atoms with Crippen LogP contribution in [0.3, 0.4) is 0 Å². The second-order valence-corrected chi connectivity index (χ2v) is 6.66. The number of esters is 1. The third kappa shape index (κ3) is 4.47. The summed E-state index contributed by atoms with van der Waals surface area (Å²) < 4.78 is 16.0. The molecular weight excluding hydrogens is 388 g/mol. The normalized spacial score (nSPS) is 15.3. The van der Waals surface area contributed by atoms with Crippen molar-refractivity contribution in [3.63, 3.8) is 0 Å². The highest BCUT2D eigenvalue weighted by atomic mass is 16.5. The van der Waals surface area contributed by atoms with Gasteiger partial charge in [0, 0.05) is 11.5 Å². The molecule has 0 unspecified atom stereocenters. The molecule has 156 valence electrons. The van der Waals surface area contributed by atoms with E-state index in [0.29, 0.717) is 30.9 Å². The molecule has 1 aliphatic heterocycles. The van der Waals surface area contributed by atoms with Gasteiger partial charge in [-0.15, -0.1) is 0 Å². The van der Waals surface area contributed by atoms with E-state index in [4.69, 9.17) is 19.7 Å². The number of rotatable bonds is 7. The molecule has 1 heterocycles. The molecule has 0 N–H and O–H groups in total. The van der Waals surface area contributed by atoms with Crippen LogP contribution >= 0.6 is 0 Å². The maximum atomic E-state index is 13.2. The topological polar surface area (TPSA) is 114 Å². The molecule has 9 heteroatoms. The van der Waals surface area contributed by atoms with Crippen molar-refractivity contribution >= 4 is 17.6 Å². The third-order valence-electron chi connectivity index (χ3n) is 4.89. The summed E-state index contributed by atoms with van der Waals surface area (Å²) in [7, 11) is 2.75. The number of likely N-dealkylation sites (tertiary alicyclic amines) is 1. The standard InChI is InChI=1S/C21H22N4O5/c1-28-18-11-15(20(26)25-10-6-9-17(25)21(27)29-2)16(23-24-22)12-19(18)30-13-14-7-4-3-5-8-14/h3-5,7-8,11-12,17H,6,9-10,13H2,1-2H3/t17-/m0/s1. The Morgan fingerprint density at radius 2 is 1.97 bits per heavy atom. The van der Waals surface area contributed by atoms with Crippen molar-refractivity contribution in [3.05, 3.63) is 64.0 Å². The van der Waals surface area contributed by atoms with Gasteiger partial charge in [-0.25, -0.2) is 4.79 Å². The molecule has 3 rings (SSSR count). The van der Waals surface area contributed by atoms with Gasteiger partial charge in [-0.3, -0.25) is 4.79 Å². The van der Waals surface area contributed by atoms with Gasteiger partial charge in [-0.2, -0.15) is 0 Å². The fourth-order valence-corrected chi connectivity index (χ4v) is 3.40. The molecule has 1 aliphatic rings. The summed E-state index contributed by atoms with van der Waals surface area (Å²) in [6.07, 6.45) is 1.20. The van der Waals surface area contributed by atoms with Crippen LogP contribution in [0.5, 0.6) is 11.5 Å². The summed E-state index contributed by atoms with van der Waals surface area (Å²) in [4.78, 5) is 29.5. The van der Waals surface area contributed by atoms with E-state index in [-0.39, 0.29) is 17.9 Å². The summed E-state index contributed by atoms with van der Waals surface area (Å²) in [5.74, 6) is -0.245. The molecule has 30 heavy (non-hydrogen) atoms. The smallest absolute Gasteiger partial charge is 0.328 e. The Morgan fingerprint density at radius 1 is 1.20 bits per heavy atom. The average Bonchev–Trinajstić information content (AvgIpc) is 3.27. The largest absolute Gasteiger partial charge is 0.493 e. The lowest BCUT2D eigenvalue weighted by Crippen LogP contribution is -2.41. The van der Waals surface area contributed by atoms with Gasteiger partial charge in [-0.05, 0) is 36.1 Å². The first-order valence-corrected chi connectivity index (χ1v) is 9.41. The highest BCUT2D eigenvalue weighted by Crippen LogP contribution is 2.37. The Bertz CT molecular complexity index is 973. The van der Waals surface area contributed by atoms with E-state index in [0.717, 1.165) is 5.56 Å². The maximum absolute atomic E-state index is 13.2. The van der Waals surface area contributed by atoms with Crippen LogP contribution in [0.2, 0.25) is 0 Å². The molecule has 0 aromatic heterocycles. The lowest BCUT2D eigenvalue weighted by Gasteiger charge is -2.24. The fraction of sp³-hybridized carbons (Fsp3) is 0.333. The number of benzene rings is 2. The van der Waals surface area contributed by atoms with E-state index in [2.05, 4.69) is 10.0 Å². The molecule has 9 nitrogen and oxygen atoms in total. The molecule has 0 radical (unpaired) electrons. The van der Waals surface area contributed by atoms with Gasteiger partial charge in [0.2, 0.25) is 0 Å². The molecule has 0 bridgehead atoms. The van der Waals surface area contributed by atoms with Crippen LogP contribution in [-0.2, 0) is 16.1 Å². The van der Waals surface area contributed by atoms with Crippen molar-refractivity contribution in [1.82, 2.24) is 4.90 Å². The molecule has 1 amide bonds. The van der Waals surface area contributed by atoms with Gasteiger partial charge in [0.1, 0.15) is 12.6 Å². The van der Waals surface area contributed by atoms with Crippen LogP contribution in [0.1, 0.15) is 28.8 Å². The Hall–Kier alpha value is -3.71. The summed E-state index contributed by atoms with van der Waals surface area (Å²) in [5, 5.41) is 3.66. The minimum atomic E-state index is -0.665. The number of hydrogen-bond donors (Lipinski definition) is 0. The van der Waals surface area contributed by atoms with Crippen molar-refractivity contribution in [1.29, 1.82) is 0 Å². The zero-order valence-corrected chi connectivity index (χ0v) is 16.8. The average molecular weight is 410 g/mol. The Morgan fingerprint density at radius 3 is 2.63 bits per heavy atom. The van der Waals surface area contributed by atoms with E-state index in [9.17, 15) is 9.59 Å². The molecule has 2 aromatic carbocycles. The van der Waals surface area contributed by atoms with E-state index in [1.165, 1.54) is 31.3 Å². The van der Waals surface area contributed by atoms with Gasteiger partial charge in [0.15, 0.2) is 11.5 Å². The molecule has 1 atom stereocenters. The molecular formula is C21H22N4O5. The van der Waals surface area contributed by atoms with Crippen molar-refractivity contribution in [2.75, 3.05) is 20.8 Å². The van der Waals surface area contributed by atoms with Crippen LogP contribution in [0.15, 0.2) is 47.6 Å². The van der Waals surface area contributed by atoms with Gasteiger partial charge < -0.3 is 19.1 Å². The van der Waals surface area contributed by atoms with E-state index >= 15 is 0 Å². The predicted molar refractivity (Wildman–Crippen MR) is 109 cm³/mol. The third-order valence-corrected chi connectivity index (χ3v) is 4.89. The number of nitrogens with zero attached hydrogens (tertiary/aromatic N) is 4. The van der Waals surface area contributed by atoms with E-state index < -0.39 is 17.9 Å². The zero-order valence-electron chi connectivity index (χ0n) is 16.8. The predicted octanol–water partition coefficient (Wildman–Crippen LogP) is 3.99. The molecule has 1 saturated heterocycles. The SMILES string of the molecule is COC(=O)[C@@H]1CCCN1C(=O)c1cc(OC)c(OCc2ccccc2)cc1N=[N+]=[N-]. The zero-order chi connectivity index (χ0) is 21.5. The number of carbonyl (C=O) groups excluding carboxylic acids is 2. The van der Waals surface area contributed by atoms with Gasteiger partial charge in [0.05, 0.1) is 25.5 Å². The summed E-state index contributed by atoms with van der Waals surface area (Å²) in [6, 6.07) is 11.8. The van der Waals surface area contributed by atoms with Crippen LogP contribution < -0.4 is 9.47 Å².